The van der Waals surface area contributed by atoms with Crippen LogP contribution in [0.5, 0.6) is 0 Å². The molecule has 1 saturated carbocycles. The first-order chi connectivity index (χ1) is 7.08. The first-order valence-corrected chi connectivity index (χ1v) is 7.73. The van der Waals surface area contributed by atoms with Crippen LogP contribution in [-0.4, -0.2) is 20.7 Å². The molecule has 0 radical (unpaired) electrons. The molecule has 96 valence electrons. The predicted molar refractivity (Wildman–Crippen MR) is 71.1 cm³/mol. The van der Waals surface area contributed by atoms with Gasteiger partial charge in [0.1, 0.15) is 0 Å². The van der Waals surface area contributed by atoms with Gasteiger partial charge in [-0.3, -0.25) is 0 Å². The lowest BCUT2D eigenvalue weighted by Gasteiger charge is -2.50. The molecule has 0 aromatic rings. The Morgan fingerprint density at radius 3 is 2.38 bits per heavy atom. The highest BCUT2D eigenvalue weighted by atomic mass is 28.2. The summed E-state index contributed by atoms with van der Waals surface area (Å²) in [7, 11) is -0.693. The summed E-state index contributed by atoms with van der Waals surface area (Å²) in [6.07, 6.45) is 3.09. The molecule has 1 fully saturated rings. The first-order valence-electron chi connectivity index (χ1n) is 6.45. The van der Waals surface area contributed by atoms with E-state index in [0.717, 1.165) is 12.8 Å². The molecule has 0 saturated heterocycles. The van der Waals surface area contributed by atoms with E-state index >= 15 is 0 Å². The molecule has 0 spiro atoms. The molecular weight excluding hydrogens is 216 g/mol. The summed E-state index contributed by atoms with van der Waals surface area (Å²) >= 11 is 0. The molecule has 0 aromatic heterocycles. The minimum Gasteiger partial charge on any atom is -0.397 e. The van der Waals surface area contributed by atoms with E-state index < -0.39 is 15.6 Å². The zero-order chi connectivity index (χ0) is 12.6. The van der Waals surface area contributed by atoms with Gasteiger partial charge in [0.05, 0.1) is 0 Å². The van der Waals surface area contributed by atoms with Gasteiger partial charge in [-0.25, -0.2) is 0 Å². The fourth-order valence-corrected chi connectivity index (χ4v) is 3.50. The maximum atomic E-state index is 10.7. The van der Waals surface area contributed by atoms with Crippen LogP contribution < -0.4 is 0 Å². The van der Waals surface area contributed by atoms with Crippen molar-refractivity contribution in [2.24, 2.45) is 11.3 Å². The van der Waals surface area contributed by atoms with Gasteiger partial charge in [-0.1, -0.05) is 41.5 Å². The van der Waals surface area contributed by atoms with Crippen molar-refractivity contribution in [2.75, 3.05) is 0 Å². The summed E-state index contributed by atoms with van der Waals surface area (Å²) in [4.78, 5) is 0. The lowest BCUT2D eigenvalue weighted by molar-refractivity contribution is -0.248. The number of hydrogen-bond acceptors (Lipinski definition) is 2. The van der Waals surface area contributed by atoms with E-state index in [1.165, 1.54) is 6.42 Å². The Morgan fingerprint density at radius 2 is 1.88 bits per heavy atom. The van der Waals surface area contributed by atoms with E-state index in [9.17, 15) is 5.11 Å². The van der Waals surface area contributed by atoms with E-state index in [4.69, 9.17) is 4.43 Å². The maximum Gasteiger partial charge on any atom is 0.170 e. The molecule has 16 heavy (non-hydrogen) atoms. The summed E-state index contributed by atoms with van der Waals surface area (Å²) in [6, 6.07) is 0. The maximum absolute atomic E-state index is 10.7. The third kappa shape index (κ3) is 2.87. The van der Waals surface area contributed by atoms with Crippen LogP contribution >= 0.6 is 0 Å². The fourth-order valence-electron chi connectivity index (χ4n) is 2.31. The molecule has 1 rings (SSSR count). The molecule has 0 amide bonds. The van der Waals surface area contributed by atoms with E-state index in [0.29, 0.717) is 5.92 Å². The molecule has 0 aromatic carbocycles. The Bertz CT molecular complexity index is 245. The van der Waals surface area contributed by atoms with E-state index in [1.807, 2.05) is 0 Å². The molecular formula is C13H28O2Si. The number of rotatable bonds is 2. The van der Waals surface area contributed by atoms with Gasteiger partial charge in [0, 0.05) is 11.8 Å². The molecule has 1 aliphatic rings. The molecule has 1 aliphatic carbocycles. The van der Waals surface area contributed by atoms with Crippen molar-refractivity contribution in [3.05, 3.63) is 0 Å². The predicted octanol–water partition coefficient (Wildman–Crippen LogP) is 2.84. The lowest BCUT2D eigenvalue weighted by Crippen LogP contribution is -2.54. The van der Waals surface area contributed by atoms with Gasteiger partial charge in [0.15, 0.2) is 15.6 Å². The van der Waals surface area contributed by atoms with Crippen molar-refractivity contribution in [1.82, 2.24) is 0 Å². The zero-order valence-electron chi connectivity index (χ0n) is 11.8. The van der Waals surface area contributed by atoms with Crippen LogP contribution in [0.2, 0.25) is 5.04 Å². The SMILES string of the molecule is CC1CCCC(O)(O[SiH2]C(C)(C)C)C1(C)C. The third-order valence-corrected chi connectivity index (χ3v) is 5.62. The van der Waals surface area contributed by atoms with Gasteiger partial charge >= 0.3 is 0 Å². The summed E-state index contributed by atoms with van der Waals surface area (Å²) in [5.74, 6) is -0.357. The molecule has 0 bridgehead atoms. The number of hydrogen-bond donors (Lipinski definition) is 1. The van der Waals surface area contributed by atoms with Gasteiger partial charge in [-0.15, -0.1) is 0 Å². The van der Waals surface area contributed by atoms with Crippen molar-refractivity contribution in [2.45, 2.75) is 71.6 Å². The second-order valence-electron chi connectivity index (χ2n) is 7.15. The fraction of sp³-hybridized carbons (Fsp3) is 1.00. The summed E-state index contributed by atoms with van der Waals surface area (Å²) in [6.45, 7) is 13.1. The van der Waals surface area contributed by atoms with Crippen LogP contribution in [0.4, 0.5) is 0 Å². The minimum absolute atomic E-state index is 0.122. The van der Waals surface area contributed by atoms with Crippen molar-refractivity contribution < 1.29 is 9.53 Å². The molecule has 3 heteroatoms. The Kier molecular flexibility index (Phi) is 3.93. The topological polar surface area (TPSA) is 29.5 Å². The first kappa shape index (κ1) is 14.2. The Hall–Kier alpha value is 0.137. The van der Waals surface area contributed by atoms with Crippen molar-refractivity contribution in [3.63, 3.8) is 0 Å². The Balaban J connectivity index is 2.74. The van der Waals surface area contributed by atoms with Crippen LogP contribution in [0.15, 0.2) is 0 Å². The summed E-state index contributed by atoms with van der Waals surface area (Å²) in [5.41, 5.74) is -0.122. The van der Waals surface area contributed by atoms with E-state index in [-0.39, 0.29) is 10.5 Å². The molecule has 0 heterocycles. The average Bonchev–Trinajstić information content (AvgIpc) is 2.11. The summed E-state index contributed by atoms with van der Waals surface area (Å²) < 4.78 is 6.02. The van der Waals surface area contributed by atoms with Crippen LogP contribution in [0, 0.1) is 11.3 Å². The van der Waals surface area contributed by atoms with Gasteiger partial charge in [-0.05, 0) is 23.8 Å². The monoisotopic (exact) mass is 244 g/mol. The Labute approximate surface area is 103 Å². The normalized spacial score (nSPS) is 35.8. The van der Waals surface area contributed by atoms with E-state index in [2.05, 4.69) is 41.5 Å². The smallest absolute Gasteiger partial charge is 0.170 e. The largest absolute Gasteiger partial charge is 0.397 e. The van der Waals surface area contributed by atoms with Crippen molar-refractivity contribution in [3.8, 4) is 0 Å². The third-order valence-electron chi connectivity index (χ3n) is 4.14. The van der Waals surface area contributed by atoms with Crippen LogP contribution in [0.1, 0.15) is 60.8 Å². The van der Waals surface area contributed by atoms with Crippen LogP contribution in [0.3, 0.4) is 0 Å². The van der Waals surface area contributed by atoms with Gasteiger partial charge in [0.25, 0.3) is 0 Å². The van der Waals surface area contributed by atoms with Gasteiger partial charge < -0.3 is 9.53 Å². The standard InChI is InChI=1S/C13H28O2Si/c1-10-8-7-9-13(14,12(10,5)6)15-16-11(2,3)4/h10,14H,7-9,16H2,1-6H3. The number of aliphatic hydroxyl groups is 1. The lowest BCUT2D eigenvalue weighted by atomic mass is 9.65. The van der Waals surface area contributed by atoms with Crippen molar-refractivity contribution in [1.29, 1.82) is 0 Å². The molecule has 2 unspecified atom stereocenters. The van der Waals surface area contributed by atoms with Gasteiger partial charge in [0.2, 0.25) is 0 Å². The second-order valence-corrected chi connectivity index (χ2v) is 9.85. The van der Waals surface area contributed by atoms with Crippen LogP contribution in [-0.2, 0) is 4.43 Å². The Morgan fingerprint density at radius 1 is 1.31 bits per heavy atom. The van der Waals surface area contributed by atoms with Crippen molar-refractivity contribution >= 4 is 9.76 Å². The molecule has 2 nitrogen and oxygen atoms in total. The highest BCUT2D eigenvalue weighted by Crippen LogP contribution is 2.48. The highest BCUT2D eigenvalue weighted by molar-refractivity contribution is 6.31. The minimum atomic E-state index is -0.885. The van der Waals surface area contributed by atoms with Crippen LogP contribution in [0.25, 0.3) is 0 Å². The van der Waals surface area contributed by atoms with Gasteiger partial charge in [-0.2, -0.15) is 0 Å². The average molecular weight is 244 g/mol. The molecule has 0 aliphatic heterocycles. The summed E-state index contributed by atoms with van der Waals surface area (Å²) in [5, 5.41) is 11.0. The molecule has 2 atom stereocenters. The zero-order valence-corrected chi connectivity index (χ0v) is 13.2. The molecule has 1 N–H and O–H groups in total. The van der Waals surface area contributed by atoms with E-state index in [1.54, 1.807) is 0 Å². The quantitative estimate of drug-likeness (QED) is 0.598. The second kappa shape index (κ2) is 4.43. The highest BCUT2D eigenvalue weighted by Gasteiger charge is 2.50.